The van der Waals surface area contributed by atoms with E-state index in [9.17, 15) is 0 Å². The molecule has 0 aliphatic rings. The van der Waals surface area contributed by atoms with Crippen LogP contribution < -0.4 is 9.47 Å². The van der Waals surface area contributed by atoms with Gasteiger partial charge in [-0.25, -0.2) is 0 Å². The van der Waals surface area contributed by atoms with E-state index in [2.05, 4.69) is 43.3 Å². The number of benzene rings is 2. The Balaban J connectivity index is 1.78. The van der Waals surface area contributed by atoms with Gasteiger partial charge >= 0.3 is 0 Å². The largest absolute Gasteiger partial charge is 0.497 e. The summed E-state index contributed by atoms with van der Waals surface area (Å²) in [7, 11) is 5.81. The van der Waals surface area contributed by atoms with Crippen LogP contribution in [0.3, 0.4) is 0 Å². The molecule has 0 spiro atoms. The number of hydrogen-bond acceptors (Lipinski definition) is 4. The molecular formula is C20H25N3O2. The maximum Gasteiger partial charge on any atom is 0.240 e. The Hall–Kier alpha value is -2.53. The van der Waals surface area contributed by atoms with Crippen LogP contribution in [0.2, 0.25) is 0 Å². The topological polar surface area (TPSA) is 39.5 Å². The van der Waals surface area contributed by atoms with Gasteiger partial charge < -0.3 is 14.4 Å². The highest BCUT2D eigenvalue weighted by atomic mass is 16.5. The molecular weight excluding hydrogens is 314 g/mol. The van der Waals surface area contributed by atoms with Gasteiger partial charge in [0.15, 0.2) is 0 Å². The average molecular weight is 339 g/mol. The quantitative estimate of drug-likeness (QED) is 0.590. The molecule has 25 heavy (non-hydrogen) atoms. The first-order chi connectivity index (χ1) is 12.2. The van der Waals surface area contributed by atoms with Crippen molar-refractivity contribution in [2.75, 3.05) is 34.4 Å². The maximum absolute atomic E-state index is 5.95. The van der Waals surface area contributed by atoms with E-state index >= 15 is 0 Å². The summed E-state index contributed by atoms with van der Waals surface area (Å²) in [6.07, 6.45) is 0.979. The Kier molecular flexibility index (Phi) is 5.56. The third-order valence-electron chi connectivity index (χ3n) is 4.10. The number of ether oxygens (including phenoxy) is 2. The second kappa shape index (κ2) is 8.03. The number of hydrogen-bond donors (Lipinski definition) is 0. The Morgan fingerprint density at radius 1 is 1.04 bits per heavy atom. The lowest BCUT2D eigenvalue weighted by Gasteiger charge is -2.09. The molecule has 0 N–H and O–H groups in total. The van der Waals surface area contributed by atoms with Gasteiger partial charge in [-0.2, -0.15) is 0 Å². The van der Waals surface area contributed by atoms with E-state index in [1.165, 1.54) is 5.56 Å². The SMILES string of the molecule is COc1ccc(Cn2nc(OCCCN(C)C)c3ccccc32)cc1. The van der Waals surface area contributed by atoms with Gasteiger partial charge in [0.05, 0.1) is 31.2 Å². The predicted molar refractivity (Wildman–Crippen MR) is 100 cm³/mol. The van der Waals surface area contributed by atoms with E-state index in [4.69, 9.17) is 14.6 Å². The lowest BCUT2D eigenvalue weighted by Crippen LogP contribution is -2.15. The second-order valence-corrected chi connectivity index (χ2v) is 6.33. The van der Waals surface area contributed by atoms with Crippen molar-refractivity contribution in [2.24, 2.45) is 0 Å². The van der Waals surface area contributed by atoms with Gasteiger partial charge in [-0.15, -0.1) is 5.10 Å². The fourth-order valence-corrected chi connectivity index (χ4v) is 2.78. The van der Waals surface area contributed by atoms with Crippen molar-refractivity contribution in [1.29, 1.82) is 0 Å². The van der Waals surface area contributed by atoms with Gasteiger partial charge in [-0.05, 0) is 50.3 Å². The summed E-state index contributed by atoms with van der Waals surface area (Å²) in [5, 5.41) is 5.75. The van der Waals surface area contributed by atoms with Crippen LogP contribution in [-0.4, -0.2) is 49.0 Å². The molecule has 0 aliphatic carbocycles. The minimum absolute atomic E-state index is 0.668. The number of nitrogens with zero attached hydrogens (tertiary/aromatic N) is 3. The minimum Gasteiger partial charge on any atom is -0.497 e. The molecule has 2 aromatic carbocycles. The van der Waals surface area contributed by atoms with E-state index in [0.717, 1.165) is 29.6 Å². The number of methoxy groups -OCH3 is 1. The lowest BCUT2D eigenvalue weighted by molar-refractivity contribution is 0.273. The van der Waals surface area contributed by atoms with E-state index in [1.54, 1.807) is 7.11 Å². The number of aromatic nitrogens is 2. The van der Waals surface area contributed by atoms with Crippen molar-refractivity contribution >= 4 is 10.9 Å². The van der Waals surface area contributed by atoms with Gasteiger partial charge in [0, 0.05) is 6.54 Å². The van der Waals surface area contributed by atoms with E-state index in [-0.39, 0.29) is 0 Å². The monoisotopic (exact) mass is 339 g/mol. The van der Waals surface area contributed by atoms with Gasteiger partial charge in [-0.3, -0.25) is 4.68 Å². The normalized spacial score (nSPS) is 11.2. The lowest BCUT2D eigenvalue weighted by atomic mass is 10.2. The maximum atomic E-state index is 5.95. The van der Waals surface area contributed by atoms with Gasteiger partial charge in [0.25, 0.3) is 0 Å². The molecule has 5 heteroatoms. The second-order valence-electron chi connectivity index (χ2n) is 6.33. The van der Waals surface area contributed by atoms with Gasteiger partial charge in [0.1, 0.15) is 5.75 Å². The first-order valence-electron chi connectivity index (χ1n) is 8.53. The fourth-order valence-electron chi connectivity index (χ4n) is 2.78. The van der Waals surface area contributed by atoms with E-state index < -0.39 is 0 Å². The predicted octanol–water partition coefficient (Wildman–Crippen LogP) is 3.42. The molecule has 132 valence electrons. The molecule has 0 fully saturated rings. The molecule has 1 aromatic heterocycles. The molecule has 1 heterocycles. The summed E-state index contributed by atoms with van der Waals surface area (Å²) in [6.45, 7) is 2.37. The van der Waals surface area contributed by atoms with Crippen molar-refractivity contribution < 1.29 is 9.47 Å². The summed E-state index contributed by atoms with van der Waals surface area (Å²) in [6, 6.07) is 16.3. The first-order valence-corrected chi connectivity index (χ1v) is 8.53. The summed E-state index contributed by atoms with van der Waals surface area (Å²) >= 11 is 0. The third-order valence-corrected chi connectivity index (χ3v) is 4.10. The van der Waals surface area contributed by atoms with Crippen LogP contribution in [0.4, 0.5) is 0 Å². The van der Waals surface area contributed by atoms with Crippen molar-refractivity contribution in [2.45, 2.75) is 13.0 Å². The molecule has 0 atom stereocenters. The van der Waals surface area contributed by atoms with Crippen molar-refractivity contribution in [1.82, 2.24) is 14.7 Å². The standard InChI is InChI=1S/C20H25N3O2/c1-22(2)13-6-14-25-20-18-7-4-5-8-19(18)23(21-20)15-16-9-11-17(24-3)12-10-16/h4-5,7-12H,6,13-15H2,1-3H3. The highest BCUT2D eigenvalue weighted by molar-refractivity contribution is 5.84. The number of para-hydroxylation sites is 1. The third kappa shape index (κ3) is 4.31. The Bertz CT molecular complexity index is 809. The molecule has 0 unspecified atom stereocenters. The van der Waals surface area contributed by atoms with Crippen LogP contribution in [0.15, 0.2) is 48.5 Å². The van der Waals surface area contributed by atoms with Gasteiger partial charge in [0.2, 0.25) is 5.88 Å². The van der Waals surface area contributed by atoms with Crippen LogP contribution >= 0.6 is 0 Å². The van der Waals surface area contributed by atoms with Crippen LogP contribution in [0.25, 0.3) is 10.9 Å². The van der Waals surface area contributed by atoms with E-state index in [0.29, 0.717) is 19.0 Å². The van der Waals surface area contributed by atoms with Crippen molar-refractivity contribution in [3.05, 3.63) is 54.1 Å². The van der Waals surface area contributed by atoms with Crippen LogP contribution in [0.1, 0.15) is 12.0 Å². The summed E-state index contributed by atoms with van der Waals surface area (Å²) in [5.41, 5.74) is 2.26. The van der Waals surface area contributed by atoms with Gasteiger partial charge in [-0.1, -0.05) is 24.3 Å². The fraction of sp³-hybridized carbons (Fsp3) is 0.350. The molecule has 3 aromatic rings. The van der Waals surface area contributed by atoms with Crippen LogP contribution in [0, 0.1) is 0 Å². The summed E-state index contributed by atoms with van der Waals surface area (Å²) < 4.78 is 13.2. The molecule has 0 saturated heterocycles. The van der Waals surface area contributed by atoms with Crippen LogP contribution in [-0.2, 0) is 6.54 Å². The molecule has 0 aliphatic heterocycles. The Morgan fingerprint density at radius 3 is 2.52 bits per heavy atom. The van der Waals surface area contributed by atoms with Crippen molar-refractivity contribution in [3.8, 4) is 11.6 Å². The molecule has 0 amide bonds. The average Bonchev–Trinajstić information content (AvgIpc) is 2.97. The summed E-state index contributed by atoms with van der Waals surface area (Å²) in [5.74, 6) is 1.57. The molecule has 3 rings (SSSR count). The highest BCUT2D eigenvalue weighted by Crippen LogP contribution is 2.25. The number of rotatable bonds is 8. The zero-order valence-electron chi connectivity index (χ0n) is 15.1. The zero-order chi connectivity index (χ0) is 17.6. The molecule has 0 bridgehead atoms. The summed E-state index contributed by atoms with van der Waals surface area (Å²) in [4.78, 5) is 2.16. The van der Waals surface area contributed by atoms with E-state index in [1.807, 2.05) is 28.9 Å². The smallest absolute Gasteiger partial charge is 0.240 e. The Labute approximate surface area is 148 Å². The molecule has 5 nitrogen and oxygen atoms in total. The first kappa shape index (κ1) is 17.3. The zero-order valence-corrected chi connectivity index (χ0v) is 15.1. The van der Waals surface area contributed by atoms with Crippen LogP contribution in [0.5, 0.6) is 11.6 Å². The number of fused-ring (bicyclic) bond motifs is 1. The van der Waals surface area contributed by atoms with Crippen molar-refractivity contribution in [3.63, 3.8) is 0 Å². The molecule has 0 saturated carbocycles. The highest BCUT2D eigenvalue weighted by Gasteiger charge is 2.11. The Morgan fingerprint density at radius 2 is 1.80 bits per heavy atom. The minimum atomic E-state index is 0.668. The molecule has 0 radical (unpaired) electrons.